The highest BCUT2D eigenvalue weighted by Gasteiger charge is 2.13. The largest absolute Gasteiger partial charge is 0.307 e. The molecule has 0 aliphatic rings. The summed E-state index contributed by atoms with van der Waals surface area (Å²) >= 11 is 0. The summed E-state index contributed by atoms with van der Waals surface area (Å²) in [4.78, 5) is 0. The number of hydrogen-bond donors (Lipinski definition) is 1. The van der Waals surface area contributed by atoms with Crippen molar-refractivity contribution in [1.29, 1.82) is 0 Å². The second kappa shape index (κ2) is 7.37. The summed E-state index contributed by atoms with van der Waals surface area (Å²) in [6, 6.07) is 15.6. The van der Waals surface area contributed by atoms with Gasteiger partial charge in [0.25, 0.3) is 0 Å². The summed E-state index contributed by atoms with van der Waals surface area (Å²) in [6.07, 6.45) is 1.10. The fourth-order valence-corrected chi connectivity index (χ4v) is 2.61. The van der Waals surface area contributed by atoms with Crippen LogP contribution in [0.4, 0.5) is 4.39 Å². The maximum absolute atomic E-state index is 13.1. The quantitative estimate of drug-likeness (QED) is 0.809. The Labute approximate surface area is 127 Å². The predicted octanol–water partition coefficient (Wildman–Crippen LogP) is 4.72. The van der Waals surface area contributed by atoms with E-state index in [9.17, 15) is 4.39 Å². The molecule has 0 bridgehead atoms. The molecule has 2 aromatic rings. The van der Waals surface area contributed by atoms with Gasteiger partial charge in [0, 0.05) is 0 Å². The molecule has 0 aromatic heterocycles. The van der Waals surface area contributed by atoms with Crippen LogP contribution in [0, 0.1) is 11.7 Å². The SMILES string of the molecule is CCNC(c1ccc(F)cc1)c1ccc(CC(C)C)cc1. The van der Waals surface area contributed by atoms with Crippen LogP contribution in [0.25, 0.3) is 0 Å². The van der Waals surface area contributed by atoms with Crippen LogP contribution in [0.2, 0.25) is 0 Å². The summed E-state index contributed by atoms with van der Waals surface area (Å²) in [5, 5.41) is 3.47. The molecule has 0 fully saturated rings. The van der Waals surface area contributed by atoms with Gasteiger partial charge in [-0.1, -0.05) is 57.2 Å². The van der Waals surface area contributed by atoms with Crippen LogP contribution in [0.1, 0.15) is 43.5 Å². The summed E-state index contributed by atoms with van der Waals surface area (Å²) in [6.45, 7) is 7.42. The fourth-order valence-electron chi connectivity index (χ4n) is 2.61. The Balaban J connectivity index is 2.23. The van der Waals surface area contributed by atoms with Crippen molar-refractivity contribution in [2.75, 3.05) is 6.54 Å². The molecule has 21 heavy (non-hydrogen) atoms. The van der Waals surface area contributed by atoms with E-state index in [0.717, 1.165) is 18.5 Å². The molecule has 0 saturated heterocycles. The van der Waals surface area contributed by atoms with Gasteiger partial charge in [-0.2, -0.15) is 0 Å². The molecule has 1 unspecified atom stereocenters. The Morgan fingerprint density at radius 3 is 1.90 bits per heavy atom. The molecule has 2 heteroatoms. The van der Waals surface area contributed by atoms with Crippen molar-refractivity contribution in [3.8, 4) is 0 Å². The molecule has 2 aromatic carbocycles. The molecular formula is C19H24FN. The lowest BCUT2D eigenvalue weighted by Crippen LogP contribution is -2.22. The van der Waals surface area contributed by atoms with Crippen LogP contribution in [0.15, 0.2) is 48.5 Å². The molecular weight excluding hydrogens is 261 g/mol. The molecule has 2 rings (SSSR count). The minimum atomic E-state index is -0.193. The van der Waals surface area contributed by atoms with Gasteiger partial charge in [-0.3, -0.25) is 0 Å². The van der Waals surface area contributed by atoms with Crippen molar-refractivity contribution in [2.45, 2.75) is 33.2 Å². The van der Waals surface area contributed by atoms with E-state index in [1.54, 1.807) is 0 Å². The third-order valence-electron chi connectivity index (χ3n) is 3.57. The minimum absolute atomic E-state index is 0.115. The molecule has 0 radical (unpaired) electrons. The topological polar surface area (TPSA) is 12.0 Å². The van der Waals surface area contributed by atoms with Crippen molar-refractivity contribution < 1.29 is 4.39 Å². The van der Waals surface area contributed by atoms with Gasteiger partial charge in [0.1, 0.15) is 5.82 Å². The molecule has 0 aliphatic heterocycles. The Hall–Kier alpha value is -1.67. The molecule has 1 N–H and O–H groups in total. The van der Waals surface area contributed by atoms with E-state index in [4.69, 9.17) is 0 Å². The summed E-state index contributed by atoms with van der Waals surface area (Å²) in [5.41, 5.74) is 3.67. The van der Waals surface area contributed by atoms with Crippen LogP contribution in [-0.4, -0.2) is 6.54 Å². The van der Waals surface area contributed by atoms with Gasteiger partial charge in [0.15, 0.2) is 0 Å². The zero-order valence-corrected chi connectivity index (χ0v) is 13.1. The smallest absolute Gasteiger partial charge is 0.123 e. The molecule has 0 heterocycles. The maximum Gasteiger partial charge on any atom is 0.123 e. The normalized spacial score (nSPS) is 12.6. The summed E-state index contributed by atoms with van der Waals surface area (Å²) in [5.74, 6) is 0.471. The van der Waals surface area contributed by atoms with Crippen molar-refractivity contribution in [3.05, 3.63) is 71.0 Å². The molecule has 1 nitrogen and oxygen atoms in total. The fraction of sp³-hybridized carbons (Fsp3) is 0.368. The van der Waals surface area contributed by atoms with E-state index in [1.807, 2.05) is 12.1 Å². The highest BCUT2D eigenvalue weighted by Crippen LogP contribution is 2.23. The van der Waals surface area contributed by atoms with E-state index >= 15 is 0 Å². The van der Waals surface area contributed by atoms with Crippen LogP contribution >= 0.6 is 0 Å². The van der Waals surface area contributed by atoms with E-state index in [0.29, 0.717) is 5.92 Å². The highest BCUT2D eigenvalue weighted by molar-refractivity contribution is 5.33. The third kappa shape index (κ3) is 4.40. The van der Waals surface area contributed by atoms with E-state index in [1.165, 1.54) is 23.3 Å². The van der Waals surface area contributed by atoms with E-state index in [-0.39, 0.29) is 11.9 Å². The van der Waals surface area contributed by atoms with Crippen LogP contribution in [0.5, 0.6) is 0 Å². The first kappa shape index (κ1) is 15.7. The van der Waals surface area contributed by atoms with Crippen molar-refractivity contribution in [1.82, 2.24) is 5.32 Å². The molecule has 0 spiro atoms. The molecule has 0 saturated carbocycles. The second-order valence-corrected chi connectivity index (χ2v) is 5.88. The average molecular weight is 285 g/mol. The van der Waals surface area contributed by atoms with Crippen LogP contribution in [0.3, 0.4) is 0 Å². The van der Waals surface area contributed by atoms with Crippen LogP contribution < -0.4 is 5.32 Å². The molecule has 112 valence electrons. The maximum atomic E-state index is 13.1. The first-order valence-corrected chi connectivity index (χ1v) is 7.67. The Morgan fingerprint density at radius 2 is 1.43 bits per heavy atom. The van der Waals surface area contributed by atoms with Crippen molar-refractivity contribution in [2.24, 2.45) is 5.92 Å². The predicted molar refractivity (Wildman–Crippen MR) is 86.9 cm³/mol. The zero-order valence-electron chi connectivity index (χ0n) is 13.1. The number of nitrogens with one attached hydrogen (secondary N) is 1. The van der Waals surface area contributed by atoms with Gasteiger partial charge < -0.3 is 5.32 Å². The monoisotopic (exact) mass is 285 g/mol. The summed E-state index contributed by atoms with van der Waals surface area (Å²) < 4.78 is 13.1. The van der Waals surface area contributed by atoms with E-state index in [2.05, 4.69) is 50.4 Å². The summed E-state index contributed by atoms with van der Waals surface area (Å²) in [7, 11) is 0. The lowest BCUT2D eigenvalue weighted by atomic mass is 9.95. The first-order chi connectivity index (χ1) is 10.1. The Bertz CT molecular complexity index is 543. The van der Waals surface area contributed by atoms with Gasteiger partial charge in [0.2, 0.25) is 0 Å². The zero-order chi connectivity index (χ0) is 15.2. The number of rotatable bonds is 6. The van der Waals surface area contributed by atoms with Crippen molar-refractivity contribution in [3.63, 3.8) is 0 Å². The number of benzene rings is 2. The standard InChI is InChI=1S/C19H24FN/c1-4-21-19(17-9-11-18(20)12-10-17)16-7-5-15(6-8-16)13-14(2)3/h5-12,14,19,21H,4,13H2,1-3H3. The highest BCUT2D eigenvalue weighted by atomic mass is 19.1. The second-order valence-electron chi connectivity index (χ2n) is 5.88. The van der Waals surface area contributed by atoms with Gasteiger partial charge in [0.05, 0.1) is 6.04 Å². The number of hydrogen-bond acceptors (Lipinski definition) is 1. The van der Waals surface area contributed by atoms with Crippen LogP contribution in [-0.2, 0) is 6.42 Å². The van der Waals surface area contributed by atoms with Gasteiger partial charge in [-0.05, 0) is 47.7 Å². The first-order valence-electron chi connectivity index (χ1n) is 7.67. The Kier molecular flexibility index (Phi) is 5.51. The molecule has 0 aliphatic carbocycles. The lowest BCUT2D eigenvalue weighted by molar-refractivity contribution is 0.613. The van der Waals surface area contributed by atoms with Gasteiger partial charge in [-0.15, -0.1) is 0 Å². The number of halogens is 1. The van der Waals surface area contributed by atoms with Crippen molar-refractivity contribution >= 4 is 0 Å². The minimum Gasteiger partial charge on any atom is -0.307 e. The van der Waals surface area contributed by atoms with Gasteiger partial charge in [-0.25, -0.2) is 4.39 Å². The lowest BCUT2D eigenvalue weighted by Gasteiger charge is -2.19. The molecule has 0 amide bonds. The molecule has 1 atom stereocenters. The average Bonchev–Trinajstić information content (AvgIpc) is 2.46. The third-order valence-corrected chi connectivity index (χ3v) is 3.57. The van der Waals surface area contributed by atoms with Gasteiger partial charge >= 0.3 is 0 Å². The van der Waals surface area contributed by atoms with E-state index < -0.39 is 0 Å². The Morgan fingerprint density at radius 1 is 0.905 bits per heavy atom.